The summed E-state index contributed by atoms with van der Waals surface area (Å²) in [6, 6.07) is 0. The summed E-state index contributed by atoms with van der Waals surface area (Å²) in [5.41, 5.74) is -5.46. The van der Waals surface area contributed by atoms with Crippen molar-refractivity contribution in [3.63, 3.8) is 0 Å². The second kappa shape index (κ2) is 8.75. The van der Waals surface area contributed by atoms with Crippen molar-refractivity contribution in [2.24, 2.45) is 22.7 Å². The highest BCUT2D eigenvalue weighted by atomic mass is 16.7. The molecule has 0 amide bonds. The zero-order valence-corrected chi connectivity index (χ0v) is 21.9. The minimum atomic E-state index is -2.48. The van der Waals surface area contributed by atoms with Crippen molar-refractivity contribution in [2.75, 3.05) is 13.2 Å². The van der Waals surface area contributed by atoms with Crippen molar-refractivity contribution >= 4 is 5.97 Å². The Morgan fingerprint density at radius 1 is 1.07 bits per heavy atom. The molecule has 0 aromatic rings. The van der Waals surface area contributed by atoms with Crippen molar-refractivity contribution in [3.05, 3.63) is 23.8 Å². The minimum Gasteiger partial charge on any atom is -0.460 e. The fourth-order valence-electron chi connectivity index (χ4n) is 8.78. The molecule has 6 rings (SSSR count). The molecule has 3 saturated heterocycles. The number of carbonyl (C=O) groups is 1. The van der Waals surface area contributed by atoms with Gasteiger partial charge in [0.05, 0.1) is 24.7 Å². The highest BCUT2D eigenvalue weighted by molar-refractivity contribution is 5.79. The fourth-order valence-corrected chi connectivity index (χ4v) is 8.78. The van der Waals surface area contributed by atoms with Crippen LogP contribution in [0.4, 0.5) is 0 Å². The molecule has 3 aliphatic heterocycles. The van der Waals surface area contributed by atoms with E-state index >= 15 is 0 Å². The maximum Gasteiger partial charge on any atom is 0.338 e. The van der Waals surface area contributed by atoms with Crippen molar-refractivity contribution in [2.45, 2.75) is 92.9 Å². The van der Waals surface area contributed by atoms with Gasteiger partial charge in [-0.05, 0) is 24.8 Å². The highest BCUT2D eigenvalue weighted by Gasteiger charge is 2.87. The van der Waals surface area contributed by atoms with E-state index in [1.54, 1.807) is 19.9 Å². The molecule has 6 aliphatic rings. The zero-order valence-electron chi connectivity index (χ0n) is 21.9. The van der Waals surface area contributed by atoms with Gasteiger partial charge < -0.3 is 64.9 Å². The first-order valence-corrected chi connectivity index (χ1v) is 13.3. The van der Waals surface area contributed by atoms with Gasteiger partial charge in [0.1, 0.15) is 48.3 Å². The summed E-state index contributed by atoms with van der Waals surface area (Å²) in [7, 11) is 0. The predicted octanol–water partition coefficient (Wildman–Crippen LogP) is -4.21. The number of hydrogen-bond donors (Lipinski definition) is 9. The molecule has 0 aromatic carbocycles. The van der Waals surface area contributed by atoms with Crippen LogP contribution in [0.3, 0.4) is 0 Å². The summed E-state index contributed by atoms with van der Waals surface area (Å²) in [6.07, 6.45) is -14.3. The molecule has 0 unspecified atom stereocenters. The molecule has 1 spiro atoms. The summed E-state index contributed by atoms with van der Waals surface area (Å²) in [5, 5.41) is 98.4. The van der Waals surface area contributed by atoms with Crippen LogP contribution in [0.15, 0.2) is 23.8 Å². The van der Waals surface area contributed by atoms with Gasteiger partial charge in [0.15, 0.2) is 12.4 Å². The van der Waals surface area contributed by atoms with Gasteiger partial charge in [-0.1, -0.05) is 25.2 Å². The van der Waals surface area contributed by atoms with E-state index in [1.807, 2.05) is 0 Å². The van der Waals surface area contributed by atoms with Gasteiger partial charge in [-0.3, -0.25) is 0 Å². The number of hydrogen-bond acceptors (Lipinski definition) is 14. The maximum absolute atomic E-state index is 12.7. The fraction of sp³-hybridized carbons (Fsp3) is 0.808. The molecule has 9 N–H and O–H groups in total. The van der Waals surface area contributed by atoms with Gasteiger partial charge in [-0.15, -0.1) is 0 Å². The molecule has 14 heteroatoms. The van der Waals surface area contributed by atoms with Crippen LogP contribution in [-0.4, -0.2) is 138 Å². The van der Waals surface area contributed by atoms with Crippen molar-refractivity contribution in [3.8, 4) is 0 Å². The van der Waals surface area contributed by atoms with E-state index in [0.717, 1.165) is 0 Å². The van der Waals surface area contributed by atoms with Crippen LogP contribution in [-0.2, 0) is 23.7 Å². The van der Waals surface area contributed by atoms with Crippen LogP contribution < -0.4 is 0 Å². The average Bonchev–Trinajstić information content (AvgIpc) is 3.24. The minimum absolute atomic E-state index is 0.0583. The topological polar surface area (TPSA) is 236 Å². The van der Waals surface area contributed by atoms with Gasteiger partial charge in [0.25, 0.3) is 0 Å². The lowest BCUT2D eigenvalue weighted by Crippen LogP contribution is -2.83. The number of rotatable bonds is 3. The van der Waals surface area contributed by atoms with Crippen LogP contribution >= 0.6 is 0 Å². The second-order valence-corrected chi connectivity index (χ2v) is 12.3. The average molecular weight is 573 g/mol. The van der Waals surface area contributed by atoms with Crippen LogP contribution in [0.1, 0.15) is 20.3 Å². The third kappa shape index (κ3) is 3.06. The number of esters is 1. The molecule has 40 heavy (non-hydrogen) atoms. The highest BCUT2D eigenvalue weighted by Crippen LogP contribution is 2.74. The van der Waals surface area contributed by atoms with E-state index in [1.165, 1.54) is 0 Å². The van der Waals surface area contributed by atoms with Crippen molar-refractivity contribution in [1.82, 2.24) is 0 Å². The third-order valence-corrected chi connectivity index (χ3v) is 10.7. The smallest absolute Gasteiger partial charge is 0.338 e. The Kier molecular flexibility index (Phi) is 6.25. The number of allylic oxidation sites excluding steroid dienone is 1. The molecule has 3 heterocycles. The Balaban J connectivity index is 1.45. The first kappa shape index (κ1) is 28.6. The van der Waals surface area contributed by atoms with E-state index < -0.39 is 120 Å². The SMILES string of the molecule is C=C1[C@@H](O)[C@]2(O)OC[C@]34[C@H]2[C@]2(C)[C@H](C[C@H]3OC(=O)[C@H](O)[C@@]14O)C(C)=C[C@H](O[C@@H]1O[C@H](CO)[C@@H](O)[C@H](O)[C@H]1O)[C@H]2O. The number of ether oxygens (including phenoxy) is 4. The van der Waals surface area contributed by atoms with Crippen LogP contribution in [0.5, 0.6) is 0 Å². The van der Waals surface area contributed by atoms with Crippen molar-refractivity contribution < 1.29 is 69.7 Å². The Morgan fingerprint density at radius 3 is 2.40 bits per heavy atom. The van der Waals surface area contributed by atoms with Gasteiger partial charge >= 0.3 is 5.97 Å². The lowest BCUT2D eigenvalue weighted by atomic mass is 9.37. The molecule has 224 valence electrons. The summed E-state index contributed by atoms with van der Waals surface area (Å²) in [5.74, 6) is -5.48. The van der Waals surface area contributed by atoms with Gasteiger partial charge in [0.2, 0.25) is 5.79 Å². The quantitative estimate of drug-likeness (QED) is 0.115. The normalized spacial score (nSPS) is 59.0. The van der Waals surface area contributed by atoms with Gasteiger partial charge in [-0.25, -0.2) is 4.79 Å². The standard InChI is InChI=1S/C26H36O14/c1-8-4-11(38-21-16(30)15(29)14(28)12(6-27)39-21)18(32)23(3)10(8)5-13-24-7-37-26(36,22(23)24)17(31)9(2)25(24,35)19(33)20(34)40-13/h4,10-19,21-22,27-33,35-36H,2,5-7H2,1,3H3/t10-,11+,12-,13-,14-,15+,16-,17-,18-,19+,21-,22-,23-,24-,25+,26+/m1/s1. The van der Waals surface area contributed by atoms with E-state index in [-0.39, 0.29) is 6.42 Å². The third-order valence-electron chi connectivity index (χ3n) is 10.7. The second-order valence-electron chi connectivity index (χ2n) is 12.3. The first-order valence-electron chi connectivity index (χ1n) is 13.3. The molecular formula is C26H36O14. The maximum atomic E-state index is 12.7. The van der Waals surface area contributed by atoms with Gasteiger partial charge in [0, 0.05) is 11.3 Å². The van der Waals surface area contributed by atoms with E-state index in [0.29, 0.717) is 5.57 Å². The Morgan fingerprint density at radius 2 is 1.75 bits per heavy atom. The number of aliphatic hydroxyl groups excluding tert-OH is 7. The molecule has 3 aliphatic carbocycles. The van der Waals surface area contributed by atoms with E-state index in [4.69, 9.17) is 18.9 Å². The Labute approximate surface area is 228 Å². The van der Waals surface area contributed by atoms with E-state index in [9.17, 15) is 50.8 Å². The monoisotopic (exact) mass is 572 g/mol. The lowest BCUT2D eigenvalue weighted by Gasteiger charge is -2.69. The van der Waals surface area contributed by atoms with Crippen molar-refractivity contribution in [1.29, 1.82) is 0 Å². The summed E-state index contributed by atoms with van der Waals surface area (Å²) in [6.45, 7) is 5.91. The zero-order chi connectivity index (χ0) is 29.3. The molecular weight excluding hydrogens is 536 g/mol. The number of fused-ring (bicyclic) bond motifs is 1. The molecule has 0 aromatic heterocycles. The molecule has 2 saturated carbocycles. The number of carbonyl (C=O) groups excluding carboxylic acids is 1. The molecule has 5 fully saturated rings. The largest absolute Gasteiger partial charge is 0.460 e. The molecule has 16 atom stereocenters. The summed E-state index contributed by atoms with van der Waals surface area (Å²) < 4.78 is 22.8. The summed E-state index contributed by atoms with van der Waals surface area (Å²) >= 11 is 0. The molecule has 2 bridgehead atoms. The Bertz CT molecular complexity index is 1140. The lowest BCUT2D eigenvalue weighted by molar-refractivity contribution is -0.352. The van der Waals surface area contributed by atoms with Crippen LogP contribution in [0.2, 0.25) is 0 Å². The van der Waals surface area contributed by atoms with E-state index in [2.05, 4.69) is 6.58 Å². The van der Waals surface area contributed by atoms with Crippen LogP contribution in [0.25, 0.3) is 0 Å². The number of aliphatic hydroxyl groups is 9. The first-order chi connectivity index (χ1) is 18.6. The van der Waals surface area contributed by atoms with Crippen LogP contribution in [0, 0.1) is 22.7 Å². The Hall–Kier alpha value is -1.53. The molecule has 0 radical (unpaired) electrons. The predicted molar refractivity (Wildman–Crippen MR) is 127 cm³/mol. The van der Waals surface area contributed by atoms with Gasteiger partial charge in [-0.2, -0.15) is 0 Å². The molecule has 14 nitrogen and oxygen atoms in total. The summed E-state index contributed by atoms with van der Waals surface area (Å²) in [4.78, 5) is 12.7.